The first kappa shape index (κ1) is 18.0. The Morgan fingerprint density at radius 1 is 1.10 bits per heavy atom. The molecule has 1 amide bonds. The van der Waals surface area contributed by atoms with Crippen LogP contribution in [0.3, 0.4) is 0 Å². The van der Waals surface area contributed by atoms with E-state index >= 15 is 0 Å². The number of amides is 1. The van der Waals surface area contributed by atoms with Crippen molar-refractivity contribution in [2.24, 2.45) is 0 Å². The first-order chi connectivity index (χ1) is 14.0. The van der Waals surface area contributed by atoms with Gasteiger partial charge in [0.05, 0.1) is 23.1 Å². The van der Waals surface area contributed by atoms with Crippen LogP contribution in [0.25, 0.3) is 11.0 Å². The van der Waals surface area contributed by atoms with Crippen molar-refractivity contribution < 1.29 is 22.7 Å². The fourth-order valence-corrected chi connectivity index (χ4v) is 4.21. The van der Waals surface area contributed by atoms with Gasteiger partial charge in [-0.2, -0.15) is 0 Å². The molecule has 29 heavy (non-hydrogen) atoms. The first-order valence-electron chi connectivity index (χ1n) is 9.48. The van der Waals surface area contributed by atoms with Crippen molar-refractivity contribution >= 4 is 16.9 Å². The van der Waals surface area contributed by atoms with Gasteiger partial charge in [0.1, 0.15) is 17.2 Å². The maximum absolute atomic E-state index is 14.7. The van der Waals surface area contributed by atoms with Crippen LogP contribution in [0.5, 0.6) is 0 Å². The molecule has 5 rings (SSSR count). The average molecular weight is 397 g/mol. The molecule has 0 radical (unpaired) electrons. The van der Waals surface area contributed by atoms with E-state index in [1.165, 1.54) is 17.0 Å². The highest BCUT2D eigenvalue weighted by molar-refractivity contribution is 5.99. The molecule has 2 atom stereocenters. The van der Waals surface area contributed by atoms with Crippen molar-refractivity contribution in [2.75, 3.05) is 13.2 Å². The topological polar surface area (TPSA) is 59.8 Å². The lowest BCUT2D eigenvalue weighted by Gasteiger charge is -2.27. The average Bonchev–Trinajstić information content (AvgIpc) is 3.31. The van der Waals surface area contributed by atoms with Gasteiger partial charge in [0.2, 0.25) is 5.76 Å². The molecule has 7 heteroatoms. The quantitative estimate of drug-likeness (QED) is 0.675. The van der Waals surface area contributed by atoms with Crippen molar-refractivity contribution in [2.45, 2.75) is 25.0 Å². The highest BCUT2D eigenvalue weighted by Gasteiger charge is 2.44. The summed E-state index contributed by atoms with van der Waals surface area (Å²) in [5, 5.41) is 0.0249. The van der Waals surface area contributed by atoms with E-state index in [9.17, 15) is 18.4 Å². The molecule has 0 aliphatic carbocycles. The van der Waals surface area contributed by atoms with Crippen LogP contribution in [-0.4, -0.2) is 30.1 Å². The second kappa shape index (κ2) is 6.77. The third-order valence-corrected chi connectivity index (χ3v) is 5.55. The fraction of sp³-hybridized carbons (Fsp3) is 0.273. The molecule has 1 fully saturated rings. The molecule has 2 aromatic carbocycles. The summed E-state index contributed by atoms with van der Waals surface area (Å²) < 4.78 is 39.8. The maximum Gasteiger partial charge on any atom is 0.291 e. The van der Waals surface area contributed by atoms with Gasteiger partial charge in [-0.25, -0.2) is 8.78 Å². The van der Waals surface area contributed by atoms with Crippen LogP contribution >= 0.6 is 0 Å². The zero-order chi connectivity index (χ0) is 20.1. The summed E-state index contributed by atoms with van der Waals surface area (Å²) in [7, 11) is 0. The Bertz CT molecular complexity index is 1180. The molecule has 1 aromatic heterocycles. The summed E-state index contributed by atoms with van der Waals surface area (Å²) in [6.07, 6.45) is 1.47. The number of hydrogen-bond donors (Lipinski definition) is 0. The number of ether oxygens (including phenoxy) is 1. The van der Waals surface area contributed by atoms with E-state index in [1.54, 1.807) is 18.2 Å². The monoisotopic (exact) mass is 397 g/mol. The van der Waals surface area contributed by atoms with E-state index in [0.29, 0.717) is 6.61 Å². The van der Waals surface area contributed by atoms with Gasteiger partial charge in [0, 0.05) is 18.7 Å². The first-order valence-corrected chi connectivity index (χ1v) is 9.48. The highest BCUT2D eigenvalue weighted by Crippen LogP contribution is 2.39. The number of halogens is 2. The van der Waals surface area contributed by atoms with Crippen molar-refractivity contribution in [1.82, 2.24) is 4.90 Å². The Morgan fingerprint density at radius 3 is 2.69 bits per heavy atom. The van der Waals surface area contributed by atoms with Gasteiger partial charge in [0.25, 0.3) is 5.91 Å². The molecule has 148 valence electrons. The number of nitrogens with zero attached hydrogens (tertiary/aromatic N) is 1. The Labute approximate surface area is 164 Å². The fourth-order valence-electron chi connectivity index (χ4n) is 4.21. The van der Waals surface area contributed by atoms with E-state index in [-0.39, 0.29) is 40.5 Å². The van der Waals surface area contributed by atoms with Crippen molar-refractivity contribution in [3.05, 3.63) is 81.2 Å². The molecule has 0 N–H and O–H groups in total. The van der Waals surface area contributed by atoms with Crippen LogP contribution in [0.4, 0.5) is 8.78 Å². The molecule has 0 spiro atoms. The zero-order valence-corrected chi connectivity index (χ0v) is 15.4. The minimum Gasteiger partial charge on any atom is -0.450 e. The molecule has 3 heterocycles. The number of carbonyl (C=O) groups is 1. The molecule has 3 aromatic rings. The number of hydrogen-bond acceptors (Lipinski definition) is 4. The molecule has 5 nitrogen and oxygen atoms in total. The molecule has 0 saturated carbocycles. The third-order valence-electron chi connectivity index (χ3n) is 5.55. The lowest BCUT2D eigenvalue weighted by atomic mass is 9.98. The van der Waals surface area contributed by atoms with Crippen molar-refractivity contribution in [3.63, 3.8) is 0 Å². The largest absolute Gasteiger partial charge is 0.450 e. The molecule has 2 aliphatic heterocycles. The van der Waals surface area contributed by atoms with Crippen LogP contribution < -0.4 is 5.43 Å². The lowest BCUT2D eigenvalue weighted by molar-refractivity contribution is 0.0483. The van der Waals surface area contributed by atoms with E-state index in [4.69, 9.17) is 9.15 Å². The standard InChI is InChI=1S/C22H17F2NO4/c23-12-7-8-17-15(10-12)20(26)18-19(14-5-1-2-6-16(14)24)25(22(27)21(18)29-17)11-13-4-3-9-28-13/h1-2,5-8,10,13,19H,3-4,9,11H2/t13-,19-/m0/s1. The van der Waals surface area contributed by atoms with Crippen LogP contribution in [-0.2, 0) is 4.74 Å². The Hall–Kier alpha value is -3.06. The van der Waals surface area contributed by atoms with Crippen molar-refractivity contribution in [1.29, 1.82) is 0 Å². The number of benzene rings is 2. The van der Waals surface area contributed by atoms with E-state index in [0.717, 1.165) is 25.0 Å². The number of fused-ring (bicyclic) bond motifs is 2. The summed E-state index contributed by atoms with van der Waals surface area (Å²) in [4.78, 5) is 27.8. The summed E-state index contributed by atoms with van der Waals surface area (Å²) >= 11 is 0. The summed E-state index contributed by atoms with van der Waals surface area (Å²) in [6, 6.07) is 8.62. The van der Waals surface area contributed by atoms with E-state index < -0.39 is 29.0 Å². The van der Waals surface area contributed by atoms with Gasteiger partial charge < -0.3 is 14.1 Å². The second-order valence-corrected chi connectivity index (χ2v) is 7.33. The smallest absolute Gasteiger partial charge is 0.291 e. The Morgan fingerprint density at radius 2 is 1.93 bits per heavy atom. The van der Waals surface area contributed by atoms with Crippen LogP contribution in [0.15, 0.2) is 51.7 Å². The van der Waals surface area contributed by atoms with Crippen molar-refractivity contribution in [3.8, 4) is 0 Å². The van der Waals surface area contributed by atoms with Gasteiger partial charge >= 0.3 is 0 Å². The van der Waals surface area contributed by atoms with Crippen LogP contribution in [0.1, 0.15) is 40.6 Å². The molecule has 0 unspecified atom stereocenters. The highest BCUT2D eigenvalue weighted by atomic mass is 19.1. The molecule has 2 aliphatic rings. The summed E-state index contributed by atoms with van der Waals surface area (Å²) in [5.74, 6) is -1.74. The van der Waals surface area contributed by atoms with Gasteiger partial charge in [-0.1, -0.05) is 18.2 Å². The predicted octanol–water partition coefficient (Wildman–Crippen LogP) is 3.80. The summed E-state index contributed by atoms with van der Waals surface area (Å²) in [6.45, 7) is 0.816. The van der Waals surface area contributed by atoms with Gasteiger partial charge in [0.15, 0.2) is 5.43 Å². The van der Waals surface area contributed by atoms with Crippen LogP contribution in [0, 0.1) is 11.6 Å². The number of carbonyl (C=O) groups excluding carboxylic acids is 1. The normalized spacial score (nSPS) is 21.2. The molecular weight excluding hydrogens is 380 g/mol. The molecule has 1 saturated heterocycles. The van der Waals surface area contributed by atoms with Gasteiger partial charge in [-0.15, -0.1) is 0 Å². The molecule has 0 bridgehead atoms. The maximum atomic E-state index is 14.7. The van der Waals surface area contributed by atoms with E-state index in [2.05, 4.69) is 0 Å². The lowest BCUT2D eigenvalue weighted by Crippen LogP contribution is -2.36. The SMILES string of the molecule is O=C1c2oc3ccc(F)cc3c(=O)c2[C@H](c2ccccc2F)N1C[C@@H]1CCCO1. The molecular formula is C22H17F2NO4. The van der Waals surface area contributed by atoms with Gasteiger partial charge in [-0.3, -0.25) is 9.59 Å². The summed E-state index contributed by atoms with van der Waals surface area (Å²) in [5.41, 5.74) is -0.177. The third kappa shape index (κ3) is 2.84. The Kier molecular flexibility index (Phi) is 4.20. The minimum absolute atomic E-state index is 0.0249. The van der Waals surface area contributed by atoms with E-state index in [1.807, 2.05) is 0 Å². The van der Waals surface area contributed by atoms with Crippen LogP contribution in [0.2, 0.25) is 0 Å². The minimum atomic E-state index is -0.952. The predicted molar refractivity (Wildman–Crippen MR) is 101 cm³/mol. The second-order valence-electron chi connectivity index (χ2n) is 7.33. The zero-order valence-electron chi connectivity index (χ0n) is 15.4. The Balaban J connectivity index is 1.74. The number of rotatable bonds is 3. The van der Waals surface area contributed by atoms with Gasteiger partial charge in [-0.05, 0) is 37.1 Å².